The van der Waals surface area contributed by atoms with Crippen molar-refractivity contribution in [2.45, 2.75) is 32.3 Å². The monoisotopic (exact) mass is 328 g/mol. The van der Waals surface area contributed by atoms with Crippen LogP contribution >= 0.6 is 0 Å². The van der Waals surface area contributed by atoms with E-state index in [-0.39, 0.29) is 12.4 Å². The summed E-state index contributed by atoms with van der Waals surface area (Å²) in [5.74, 6) is -1.21. The van der Waals surface area contributed by atoms with Crippen molar-refractivity contribution in [2.24, 2.45) is 0 Å². The van der Waals surface area contributed by atoms with Crippen molar-refractivity contribution in [1.82, 2.24) is 14.9 Å². The summed E-state index contributed by atoms with van der Waals surface area (Å²) in [7, 11) is 1.46. The number of fused-ring (bicyclic) bond motifs is 1. The van der Waals surface area contributed by atoms with Crippen molar-refractivity contribution in [3.8, 4) is 6.07 Å². The fraction of sp³-hybridized carbons (Fsp3) is 0.412. The van der Waals surface area contributed by atoms with Crippen LogP contribution in [0.4, 0.5) is 4.79 Å². The molecule has 2 aromatic rings. The van der Waals surface area contributed by atoms with Gasteiger partial charge in [-0.15, -0.1) is 0 Å². The Kier molecular flexibility index (Phi) is 4.88. The van der Waals surface area contributed by atoms with Gasteiger partial charge < -0.3 is 14.6 Å². The van der Waals surface area contributed by atoms with Crippen LogP contribution in [0.2, 0.25) is 0 Å². The molecule has 0 saturated heterocycles. The van der Waals surface area contributed by atoms with Crippen LogP contribution < -0.4 is 0 Å². The average molecular weight is 328 g/mol. The molecule has 0 saturated carbocycles. The number of ketones is 1. The van der Waals surface area contributed by atoms with Crippen molar-refractivity contribution in [2.75, 3.05) is 13.6 Å². The quantitative estimate of drug-likeness (QED) is 0.930. The Morgan fingerprint density at radius 2 is 2.04 bits per heavy atom. The second kappa shape index (κ2) is 6.71. The Morgan fingerprint density at radius 1 is 1.38 bits per heavy atom. The number of benzene rings is 1. The summed E-state index contributed by atoms with van der Waals surface area (Å²) in [5, 5.41) is 9.35. The lowest BCUT2D eigenvalue weighted by atomic mass is 10.1. The topological polar surface area (TPSA) is 99.1 Å². The standard InChI is InChI=1S/C17H20N4O3/c1-17(2,3)24-16(23)21(4)10-14(22)11(9-18)15-19-12-7-5-6-8-13(12)20-15/h5-8,11H,10H2,1-4H3,(H,19,20). The molecule has 1 atom stereocenters. The van der Waals surface area contributed by atoms with Gasteiger partial charge in [0.05, 0.1) is 23.6 Å². The maximum atomic E-state index is 12.4. The van der Waals surface area contributed by atoms with E-state index in [1.165, 1.54) is 7.05 Å². The van der Waals surface area contributed by atoms with E-state index in [1.807, 2.05) is 24.3 Å². The molecule has 0 spiro atoms. The number of nitrogens with zero attached hydrogens (tertiary/aromatic N) is 3. The number of ether oxygens (including phenoxy) is 1. The molecule has 7 nitrogen and oxygen atoms in total. The first-order chi connectivity index (χ1) is 11.2. The fourth-order valence-electron chi connectivity index (χ4n) is 2.12. The van der Waals surface area contributed by atoms with Crippen LogP contribution in [-0.2, 0) is 9.53 Å². The summed E-state index contributed by atoms with van der Waals surface area (Å²) in [4.78, 5) is 32.7. The fourth-order valence-corrected chi connectivity index (χ4v) is 2.12. The Bertz CT molecular complexity index is 765. The summed E-state index contributed by atoms with van der Waals surface area (Å²) in [6, 6.07) is 9.22. The third kappa shape index (κ3) is 4.10. The van der Waals surface area contributed by atoms with E-state index in [9.17, 15) is 14.9 Å². The molecule has 0 radical (unpaired) electrons. The first kappa shape index (κ1) is 17.5. The molecule has 0 aliphatic heterocycles. The molecular weight excluding hydrogens is 308 g/mol. The molecule has 1 N–H and O–H groups in total. The third-order valence-corrected chi connectivity index (χ3v) is 3.23. The molecule has 2 rings (SSSR count). The summed E-state index contributed by atoms with van der Waals surface area (Å²) in [6.07, 6.45) is -0.614. The van der Waals surface area contributed by atoms with Gasteiger partial charge in [0, 0.05) is 7.05 Å². The van der Waals surface area contributed by atoms with E-state index in [0.29, 0.717) is 5.52 Å². The Hall–Kier alpha value is -2.88. The number of nitrogens with one attached hydrogen (secondary N) is 1. The summed E-state index contributed by atoms with van der Waals surface area (Å²) >= 11 is 0. The number of likely N-dealkylation sites (N-methyl/N-ethyl adjacent to an activating group) is 1. The summed E-state index contributed by atoms with van der Waals surface area (Å²) < 4.78 is 5.20. The SMILES string of the molecule is CN(CC(=O)C(C#N)c1nc2ccccc2[nH]1)C(=O)OC(C)(C)C. The summed E-state index contributed by atoms with van der Waals surface area (Å²) in [5.41, 5.74) is 0.781. The number of hydrogen-bond donors (Lipinski definition) is 1. The highest BCUT2D eigenvalue weighted by molar-refractivity contribution is 5.92. The Labute approximate surface area is 140 Å². The number of amides is 1. The zero-order valence-electron chi connectivity index (χ0n) is 14.2. The lowest BCUT2D eigenvalue weighted by Crippen LogP contribution is -2.38. The number of carbonyl (C=O) groups is 2. The molecule has 7 heteroatoms. The van der Waals surface area contributed by atoms with E-state index in [2.05, 4.69) is 9.97 Å². The molecule has 0 fully saturated rings. The molecule has 1 aromatic carbocycles. The van der Waals surface area contributed by atoms with Gasteiger partial charge in [-0.3, -0.25) is 4.79 Å². The summed E-state index contributed by atoms with van der Waals surface area (Å²) in [6.45, 7) is 5.00. The first-order valence-electron chi connectivity index (χ1n) is 7.52. The molecular formula is C17H20N4O3. The van der Waals surface area contributed by atoms with E-state index in [0.717, 1.165) is 10.4 Å². The van der Waals surface area contributed by atoms with Crippen LogP contribution in [-0.4, -0.2) is 45.9 Å². The second-order valence-electron chi connectivity index (χ2n) is 6.50. The Balaban J connectivity index is 2.11. The van der Waals surface area contributed by atoms with Gasteiger partial charge in [-0.05, 0) is 32.9 Å². The molecule has 0 bridgehead atoms. The van der Waals surface area contributed by atoms with E-state index >= 15 is 0 Å². The van der Waals surface area contributed by atoms with Crippen LogP contribution in [0.5, 0.6) is 0 Å². The van der Waals surface area contributed by atoms with Crippen LogP contribution in [0, 0.1) is 11.3 Å². The number of rotatable bonds is 4. The normalized spacial score (nSPS) is 12.5. The highest BCUT2D eigenvalue weighted by Crippen LogP contribution is 2.18. The molecule has 1 unspecified atom stereocenters. The lowest BCUT2D eigenvalue weighted by Gasteiger charge is -2.24. The van der Waals surface area contributed by atoms with Gasteiger partial charge in [-0.25, -0.2) is 9.78 Å². The molecule has 1 aromatic heterocycles. The number of nitriles is 1. The lowest BCUT2D eigenvalue weighted by molar-refractivity contribution is -0.120. The first-order valence-corrected chi connectivity index (χ1v) is 7.52. The van der Waals surface area contributed by atoms with Crippen LogP contribution in [0.1, 0.15) is 32.5 Å². The molecule has 126 valence electrons. The minimum absolute atomic E-state index is 0.232. The van der Waals surface area contributed by atoms with Gasteiger partial charge in [-0.2, -0.15) is 5.26 Å². The maximum absolute atomic E-state index is 12.4. The molecule has 1 heterocycles. The van der Waals surface area contributed by atoms with E-state index in [1.54, 1.807) is 26.8 Å². The molecule has 1 amide bonds. The number of para-hydroxylation sites is 2. The largest absolute Gasteiger partial charge is 0.444 e. The highest BCUT2D eigenvalue weighted by atomic mass is 16.6. The zero-order valence-corrected chi connectivity index (χ0v) is 14.2. The van der Waals surface area contributed by atoms with Gasteiger partial charge in [0.1, 0.15) is 11.4 Å². The third-order valence-electron chi connectivity index (χ3n) is 3.23. The van der Waals surface area contributed by atoms with Crippen LogP contribution in [0.25, 0.3) is 11.0 Å². The van der Waals surface area contributed by atoms with Crippen LogP contribution in [0.15, 0.2) is 24.3 Å². The zero-order chi connectivity index (χ0) is 17.9. The highest BCUT2D eigenvalue weighted by Gasteiger charge is 2.27. The van der Waals surface area contributed by atoms with Crippen molar-refractivity contribution >= 4 is 22.9 Å². The number of H-pyrrole nitrogens is 1. The van der Waals surface area contributed by atoms with Crippen molar-refractivity contribution in [3.05, 3.63) is 30.1 Å². The number of aromatic nitrogens is 2. The molecule has 0 aliphatic carbocycles. The minimum atomic E-state index is -1.07. The van der Waals surface area contributed by atoms with E-state index < -0.39 is 23.4 Å². The second-order valence-corrected chi connectivity index (χ2v) is 6.50. The van der Waals surface area contributed by atoms with Crippen molar-refractivity contribution in [1.29, 1.82) is 5.26 Å². The van der Waals surface area contributed by atoms with Gasteiger partial charge in [0.15, 0.2) is 11.7 Å². The number of carbonyl (C=O) groups excluding carboxylic acids is 2. The molecule has 24 heavy (non-hydrogen) atoms. The van der Waals surface area contributed by atoms with Crippen molar-refractivity contribution < 1.29 is 14.3 Å². The minimum Gasteiger partial charge on any atom is -0.444 e. The van der Waals surface area contributed by atoms with Gasteiger partial charge >= 0.3 is 6.09 Å². The number of Topliss-reactive ketones (excluding diaryl/α,β-unsaturated/α-hetero) is 1. The van der Waals surface area contributed by atoms with Crippen LogP contribution in [0.3, 0.4) is 0 Å². The smallest absolute Gasteiger partial charge is 0.410 e. The predicted molar refractivity (Wildman–Crippen MR) is 88.3 cm³/mol. The van der Waals surface area contributed by atoms with Crippen molar-refractivity contribution in [3.63, 3.8) is 0 Å². The van der Waals surface area contributed by atoms with Gasteiger partial charge in [-0.1, -0.05) is 12.1 Å². The maximum Gasteiger partial charge on any atom is 0.410 e. The average Bonchev–Trinajstić information content (AvgIpc) is 2.89. The number of aromatic amines is 1. The number of hydrogen-bond acceptors (Lipinski definition) is 5. The van der Waals surface area contributed by atoms with Gasteiger partial charge in [0.2, 0.25) is 0 Å². The van der Waals surface area contributed by atoms with Gasteiger partial charge in [0.25, 0.3) is 0 Å². The predicted octanol–water partition coefficient (Wildman–Crippen LogP) is 2.61. The Morgan fingerprint density at radius 3 is 2.62 bits per heavy atom. The molecule has 0 aliphatic rings. The van der Waals surface area contributed by atoms with E-state index in [4.69, 9.17) is 4.74 Å². The number of imidazole rings is 1.